The molecule has 0 heterocycles. The number of rotatable bonds is 9. The number of fused-ring (bicyclic) bond motifs is 3. The summed E-state index contributed by atoms with van der Waals surface area (Å²) < 4.78 is 11.3. The summed E-state index contributed by atoms with van der Waals surface area (Å²) in [5.41, 5.74) is 7.84. The Bertz CT molecular complexity index is 1610. The van der Waals surface area contributed by atoms with Gasteiger partial charge in [-0.25, -0.2) is 9.59 Å². The van der Waals surface area contributed by atoms with Crippen molar-refractivity contribution in [2.24, 2.45) is 0 Å². The van der Waals surface area contributed by atoms with Gasteiger partial charge in [0.2, 0.25) is 0 Å². The zero-order chi connectivity index (χ0) is 29.1. The Kier molecular flexibility index (Phi) is 7.76. The van der Waals surface area contributed by atoms with E-state index in [1.807, 2.05) is 30.3 Å². The van der Waals surface area contributed by atoms with Gasteiger partial charge in [0, 0.05) is 11.1 Å². The molecule has 0 N–H and O–H groups in total. The van der Waals surface area contributed by atoms with Gasteiger partial charge in [0.15, 0.2) is 0 Å². The fourth-order valence-corrected chi connectivity index (χ4v) is 5.65. The van der Waals surface area contributed by atoms with E-state index >= 15 is 0 Å². The van der Waals surface area contributed by atoms with Crippen molar-refractivity contribution in [3.63, 3.8) is 0 Å². The van der Waals surface area contributed by atoms with Gasteiger partial charge in [0.1, 0.15) is 11.5 Å². The molecule has 0 radical (unpaired) electrons. The van der Waals surface area contributed by atoms with E-state index in [1.54, 1.807) is 13.8 Å². The van der Waals surface area contributed by atoms with Crippen molar-refractivity contribution in [2.45, 2.75) is 45.4 Å². The SMILES string of the molecule is C=C(C)C(=O)Oc1ccc(C2(c3ccc(OC(=O)C(=C)C)c(CCCC)c3)c3ccccc3-c3ccccc32)cc1. The predicted octanol–water partition coefficient (Wildman–Crippen LogP) is 8.36. The van der Waals surface area contributed by atoms with Crippen LogP contribution in [0.2, 0.25) is 0 Å². The first kappa shape index (κ1) is 27.9. The van der Waals surface area contributed by atoms with Gasteiger partial charge >= 0.3 is 11.9 Å². The van der Waals surface area contributed by atoms with Crippen molar-refractivity contribution in [1.82, 2.24) is 0 Å². The smallest absolute Gasteiger partial charge is 0.338 e. The minimum absolute atomic E-state index is 0.344. The van der Waals surface area contributed by atoms with Crippen LogP contribution in [0.5, 0.6) is 11.5 Å². The Balaban J connectivity index is 1.74. The highest BCUT2D eigenvalue weighted by Crippen LogP contribution is 2.56. The molecule has 0 saturated heterocycles. The van der Waals surface area contributed by atoms with E-state index in [0.29, 0.717) is 22.6 Å². The molecular weight excluding hydrogens is 508 g/mol. The van der Waals surface area contributed by atoms with Crippen molar-refractivity contribution < 1.29 is 19.1 Å². The van der Waals surface area contributed by atoms with Gasteiger partial charge in [-0.3, -0.25) is 0 Å². The molecule has 0 aromatic heterocycles. The third-order valence-electron chi connectivity index (χ3n) is 7.64. The van der Waals surface area contributed by atoms with Crippen molar-refractivity contribution in [3.8, 4) is 22.6 Å². The zero-order valence-corrected chi connectivity index (χ0v) is 23.8. The molecular formula is C37H34O4. The number of carbonyl (C=O) groups is 2. The predicted molar refractivity (Wildman–Crippen MR) is 163 cm³/mol. The highest BCUT2D eigenvalue weighted by atomic mass is 16.5. The number of carbonyl (C=O) groups excluding carboxylic acids is 2. The van der Waals surface area contributed by atoms with E-state index in [9.17, 15) is 9.59 Å². The standard InChI is InChI=1S/C37H34O4/c1-6-7-12-26-23-28(19-22-34(26)41-36(39)25(4)5)37(27-17-20-29(21-18-27)40-35(38)24(2)3)32-15-10-8-13-30(32)31-14-9-11-16-33(31)37/h8-11,13-23H,2,4,6-7,12H2,1,3,5H3. The summed E-state index contributed by atoms with van der Waals surface area (Å²) in [5.74, 6) is 0.139. The van der Waals surface area contributed by atoms with Crippen LogP contribution in [0.25, 0.3) is 11.1 Å². The highest BCUT2D eigenvalue weighted by molar-refractivity contribution is 5.90. The van der Waals surface area contributed by atoms with Crippen LogP contribution in [0.15, 0.2) is 115 Å². The molecule has 1 aliphatic carbocycles. The Hall–Kier alpha value is -4.70. The van der Waals surface area contributed by atoms with Crippen LogP contribution >= 0.6 is 0 Å². The minimum Gasteiger partial charge on any atom is -0.423 e. The summed E-state index contributed by atoms with van der Waals surface area (Å²) in [4.78, 5) is 24.7. The van der Waals surface area contributed by atoms with Gasteiger partial charge in [-0.15, -0.1) is 0 Å². The van der Waals surface area contributed by atoms with Crippen molar-refractivity contribution in [2.75, 3.05) is 0 Å². The van der Waals surface area contributed by atoms with Gasteiger partial charge < -0.3 is 9.47 Å². The fourth-order valence-electron chi connectivity index (χ4n) is 5.65. The van der Waals surface area contributed by atoms with Gasteiger partial charge in [-0.05, 0) is 83.8 Å². The molecule has 4 aromatic carbocycles. The Morgan fingerprint density at radius 2 is 1.24 bits per heavy atom. The third kappa shape index (κ3) is 5.02. The molecule has 5 rings (SSSR count). The number of aryl methyl sites for hydroxylation is 1. The average Bonchev–Trinajstić information content (AvgIpc) is 3.28. The second kappa shape index (κ2) is 11.4. The number of unbranched alkanes of at least 4 members (excludes halogenated alkanes) is 1. The van der Waals surface area contributed by atoms with E-state index < -0.39 is 17.4 Å². The maximum Gasteiger partial charge on any atom is 0.338 e. The fraction of sp³-hybridized carbons (Fsp3) is 0.189. The van der Waals surface area contributed by atoms with E-state index in [1.165, 1.54) is 22.3 Å². The molecule has 4 aromatic rings. The molecule has 0 atom stereocenters. The quantitative estimate of drug-likeness (QED) is 0.107. The van der Waals surface area contributed by atoms with Gasteiger partial charge in [-0.1, -0.05) is 99.3 Å². The van der Waals surface area contributed by atoms with Crippen LogP contribution in [0.1, 0.15) is 61.4 Å². The number of esters is 2. The summed E-state index contributed by atoms with van der Waals surface area (Å²) in [6, 6.07) is 30.9. The summed E-state index contributed by atoms with van der Waals surface area (Å²) in [6.07, 6.45) is 2.75. The van der Waals surface area contributed by atoms with Crippen molar-refractivity contribution >= 4 is 11.9 Å². The van der Waals surface area contributed by atoms with Crippen LogP contribution in [0, 0.1) is 0 Å². The molecule has 4 heteroatoms. The van der Waals surface area contributed by atoms with E-state index in [4.69, 9.17) is 9.47 Å². The maximum atomic E-state index is 12.5. The average molecular weight is 543 g/mol. The second-order valence-electron chi connectivity index (χ2n) is 10.6. The summed E-state index contributed by atoms with van der Waals surface area (Å²) in [5, 5.41) is 0. The first-order chi connectivity index (χ1) is 19.8. The van der Waals surface area contributed by atoms with Crippen molar-refractivity contribution in [1.29, 1.82) is 0 Å². The lowest BCUT2D eigenvalue weighted by Crippen LogP contribution is -2.29. The first-order valence-electron chi connectivity index (χ1n) is 14.0. The molecule has 41 heavy (non-hydrogen) atoms. The normalized spacial score (nSPS) is 12.7. The van der Waals surface area contributed by atoms with E-state index in [0.717, 1.165) is 36.0 Å². The highest BCUT2D eigenvalue weighted by Gasteiger charge is 2.46. The molecule has 1 aliphatic rings. The molecule has 0 spiro atoms. The molecule has 0 unspecified atom stereocenters. The molecule has 4 nitrogen and oxygen atoms in total. The summed E-state index contributed by atoms with van der Waals surface area (Å²) >= 11 is 0. The monoisotopic (exact) mass is 542 g/mol. The second-order valence-corrected chi connectivity index (χ2v) is 10.6. The molecule has 0 fully saturated rings. The summed E-state index contributed by atoms with van der Waals surface area (Å²) in [7, 11) is 0. The van der Waals surface area contributed by atoms with Crippen molar-refractivity contribution in [3.05, 3.63) is 143 Å². The van der Waals surface area contributed by atoms with E-state index in [2.05, 4.69) is 80.7 Å². The zero-order valence-electron chi connectivity index (χ0n) is 23.8. The lowest BCUT2D eigenvalue weighted by Gasteiger charge is -2.34. The minimum atomic E-state index is -0.637. The van der Waals surface area contributed by atoms with E-state index in [-0.39, 0.29) is 0 Å². The molecule has 206 valence electrons. The molecule has 0 bridgehead atoms. The first-order valence-corrected chi connectivity index (χ1v) is 14.0. The van der Waals surface area contributed by atoms with Crippen LogP contribution in [-0.2, 0) is 21.4 Å². The number of ether oxygens (including phenoxy) is 2. The largest absolute Gasteiger partial charge is 0.423 e. The lowest BCUT2D eigenvalue weighted by atomic mass is 9.67. The third-order valence-corrected chi connectivity index (χ3v) is 7.64. The Morgan fingerprint density at radius 3 is 1.80 bits per heavy atom. The number of benzene rings is 4. The van der Waals surface area contributed by atoms with Crippen LogP contribution in [0.3, 0.4) is 0 Å². The van der Waals surface area contributed by atoms with Gasteiger partial charge in [0.25, 0.3) is 0 Å². The lowest BCUT2D eigenvalue weighted by molar-refractivity contribution is -0.131. The molecule has 0 aliphatic heterocycles. The molecule has 0 saturated carbocycles. The Morgan fingerprint density at radius 1 is 0.707 bits per heavy atom. The number of hydrogen-bond donors (Lipinski definition) is 0. The van der Waals surface area contributed by atoms with Gasteiger partial charge in [-0.2, -0.15) is 0 Å². The van der Waals surface area contributed by atoms with Gasteiger partial charge in [0.05, 0.1) is 5.41 Å². The van der Waals surface area contributed by atoms with Crippen LogP contribution in [0.4, 0.5) is 0 Å². The van der Waals surface area contributed by atoms with Crippen LogP contribution < -0.4 is 9.47 Å². The summed E-state index contributed by atoms with van der Waals surface area (Å²) in [6.45, 7) is 12.9. The maximum absolute atomic E-state index is 12.5. The molecule has 0 amide bonds. The topological polar surface area (TPSA) is 52.6 Å². The van der Waals surface area contributed by atoms with Crippen LogP contribution in [-0.4, -0.2) is 11.9 Å². The number of hydrogen-bond acceptors (Lipinski definition) is 4. The Labute approximate surface area is 242 Å².